The number of allylic oxidation sites excluding steroid dienone is 1. The number of rotatable bonds is 4. The molecule has 1 unspecified atom stereocenters. The highest BCUT2D eigenvalue weighted by molar-refractivity contribution is 6.36. The highest BCUT2D eigenvalue weighted by atomic mass is 35.5. The molecular weight excluding hydrogens is 421 g/mol. The molecule has 1 aliphatic heterocycles. The lowest BCUT2D eigenvalue weighted by Gasteiger charge is -2.26. The summed E-state index contributed by atoms with van der Waals surface area (Å²) in [7, 11) is 0. The van der Waals surface area contributed by atoms with Crippen molar-refractivity contribution in [2.75, 3.05) is 6.67 Å². The summed E-state index contributed by atoms with van der Waals surface area (Å²) in [5.41, 5.74) is 2.06. The maximum atomic E-state index is 11.1. The molecule has 0 aliphatic carbocycles. The Morgan fingerprint density at radius 2 is 1.86 bits per heavy atom. The van der Waals surface area contributed by atoms with Crippen molar-refractivity contribution in [3.8, 4) is 22.6 Å². The Kier molecular flexibility index (Phi) is 5.42. The van der Waals surface area contributed by atoms with Gasteiger partial charge < -0.3 is 14.5 Å². The lowest BCUT2D eigenvalue weighted by Crippen LogP contribution is -2.25. The van der Waals surface area contributed by atoms with Gasteiger partial charge in [-0.2, -0.15) is 0 Å². The van der Waals surface area contributed by atoms with Crippen LogP contribution in [0.15, 0.2) is 64.3 Å². The van der Waals surface area contributed by atoms with Crippen molar-refractivity contribution in [1.82, 2.24) is 10.1 Å². The number of nitrogens with zero attached hydrogens (tertiary/aromatic N) is 3. The van der Waals surface area contributed by atoms with Crippen LogP contribution in [0.25, 0.3) is 22.6 Å². The molecule has 0 radical (unpaired) electrons. The maximum Gasteiger partial charge on any atom is 0.176 e. The molecular formula is C20H14Cl3N3O2. The predicted molar refractivity (Wildman–Crippen MR) is 112 cm³/mol. The number of benzene rings is 2. The number of aliphatic imine (C=N–C) groups is 1. The average Bonchev–Trinajstić information content (AvgIpc) is 3.13. The van der Waals surface area contributed by atoms with Gasteiger partial charge in [-0.1, -0.05) is 52.1 Å². The van der Waals surface area contributed by atoms with Crippen LogP contribution < -0.4 is 0 Å². The Labute approximate surface area is 176 Å². The molecule has 1 aromatic heterocycles. The van der Waals surface area contributed by atoms with Crippen molar-refractivity contribution in [2.45, 2.75) is 6.23 Å². The number of aliphatic hydroxyl groups is 1. The second-order valence-electron chi connectivity index (χ2n) is 6.08. The molecule has 0 saturated carbocycles. The van der Waals surface area contributed by atoms with Crippen LogP contribution in [-0.4, -0.2) is 28.0 Å². The molecule has 5 nitrogen and oxygen atoms in total. The zero-order valence-electron chi connectivity index (χ0n) is 14.4. The first kappa shape index (κ1) is 19.0. The van der Waals surface area contributed by atoms with E-state index in [0.29, 0.717) is 49.9 Å². The molecule has 8 heteroatoms. The lowest BCUT2D eigenvalue weighted by molar-refractivity contribution is 0.0386. The SMILES string of the molecule is OC(c1c(-c2ccc(Cl)cc2Cl)noc1-c1ccccc1Cl)N1C=CC=NC1. The van der Waals surface area contributed by atoms with Crippen LogP contribution in [-0.2, 0) is 0 Å². The van der Waals surface area contributed by atoms with E-state index in [4.69, 9.17) is 39.3 Å². The van der Waals surface area contributed by atoms with Crippen molar-refractivity contribution in [1.29, 1.82) is 0 Å². The molecule has 1 aliphatic rings. The van der Waals surface area contributed by atoms with E-state index >= 15 is 0 Å². The summed E-state index contributed by atoms with van der Waals surface area (Å²) in [6.07, 6.45) is 4.08. The molecule has 28 heavy (non-hydrogen) atoms. The summed E-state index contributed by atoms with van der Waals surface area (Å²) in [5.74, 6) is 0.363. The summed E-state index contributed by atoms with van der Waals surface area (Å²) in [5, 5.41) is 16.7. The summed E-state index contributed by atoms with van der Waals surface area (Å²) in [4.78, 5) is 5.83. The monoisotopic (exact) mass is 433 g/mol. The minimum atomic E-state index is -1.08. The van der Waals surface area contributed by atoms with Gasteiger partial charge in [0.2, 0.25) is 0 Å². The Morgan fingerprint density at radius 3 is 2.57 bits per heavy atom. The summed E-state index contributed by atoms with van der Waals surface area (Å²) in [6, 6.07) is 12.3. The van der Waals surface area contributed by atoms with E-state index in [-0.39, 0.29) is 0 Å². The highest BCUT2D eigenvalue weighted by Crippen LogP contribution is 2.42. The second kappa shape index (κ2) is 7.97. The smallest absolute Gasteiger partial charge is 0.176 e. The second-order valence-corrected chi connectivity index (χ2v) is 7.33. The topological polar surface area (TPSA) is 61.9 Å². The molecule has 0 fully saturated rings. The van der Waals surface area contributed by atoms with Gasteiger partial charge in [-0.3, -0.25) is 4.99 Å². The number of aliphatic hydroxyl groups excluding tert-OH is 1. The summed E-state index contributed by atoms with van der Waals surface area (Å²) in [6.45, 7) is 0.290. The van der Waals surface area contributed by atoms with Crippen LogP contribution in [0.2, 0.25) is 15.1 Å². The molecule has 2 aromatic carbocycles. The first-order chi connectivity index (χ1) is 13.6. The number of aromatic nitrogens is 1. The summed E-state index contributed by atoms with van der Waals surface area (Å²) >= 11 is 18.8. The molecule has 1 N–H and O–H groups in total. The van der Waals surface area contributed by atoms with Crippen LogP contribution >= 0.6 is 34.8 Å². The van der Waals surface area contributed by atoms with E-state index in [1.54, 1.807) is 53.7 Å². The fraction of sp³-hybridized carbons (Fsp3) is 0.100. The maximum absolute atomic E-state index is 11.1. The minimum absolute atomic E-state index is 0.290. The number of hydrogen-bond donors (Lipinski definition) is 1. The van der Waals surface area contributed by atoms with Gasteiger partial charge in [-0.05, 0) is 36.4 Å². The first-order valence-corrected chi connectivity index (χ1v) is 9.50. The summed E-state index contributed by atoms with van der Waals surface area (Å²) < 4.78 is 5.64. The van der Waals surface area contributed by atoms with Gasteiger partial charge in [0, 0.05) is 28.6 Å². The van der Waals surface area contributed by atoms with Crippen molar-refractivity contribution in [2.24, 2.45) is 4.99 Å². The number of hydrogen-bond acceptors (Lipinski definition) is 5. The number of halogens is 3. The molecule has 3 aromatic rings. The highest BCUT2D eigenvalue weighted by Gasteiger charge is 2.30. The van der Waals surface area contributed by atoms with E-state index in [1.165, 1.54) is 0 Å². The predicted octanol–water partition coefficient (Wildman–Crippen LogP) is 5.82. The van der Waals surface area contributed by atoms with Crippen LogP contribution in [0, 0.1) is 0 Å². The minimum Gasteiger partial charge on any atom is -0.369 e. The first-order valence-electron chi connectivity index (χ1n) is 8.36. The van der Waals surface area contributed by atoms with Gasteiger partial charge in [0.1, 0.15) is 12.4 Å². The third-order valence-electron chi connectivity index (χ3n) is 4.32. The van der Waals surface area contributed by atoms with Gasteiger partial charge in [0.25, 0.3) is 0 Å². The van der Waals surface area contributed by atoms with E-state index in [9.17, 15) is 5.11 Å². The molecule has 2 heterocycles. The molecule has 0 saturated heterocycles. The van der Waals surface area contributed by atoms with Gasteiger partial charge in [0.15, 0.2) is 12.0 Å². The Balaban J connectivity index is 1.91. The normalized spacial score (nSPS) is 14.5. The Bertz CT molecular complexity index is 1080. The van der Waals surface area contributed by atoms with Crippen LogP contribution in [0.4, 0.5) is 0 Å². The van der Waals surface area contributed by atoms with Crippen molar-refractivity contribution < 1.29 is 9.63 Å². The van der Waals surface area contributed by atoms with E-state index < -0.39 is 6.23 Å². The van der Waals surface area contributed by atoms with E-state index in [0.717, 1.165) is 0 Å². The van der Waals surface area contributed by atoms with Gasteiger partial charge in [-0.15, -0.1) is 0 Å². The van der Waals surface area contributed by atoms with Gasteiger partial charge in [-0.25, -0.2) is 0 Å². The average molecular weight is 435 g/mol. The molecule has 4 rings (SSSR count). The third-order valence-corrected chi connectivity index (χ3v) is 5.20. The van der Waals surface area contributed by atoms with Crippen LogP contribution in [0.3, 0.4) is 0 Å². The quantitative estimate of drug-likeness (QED) is 0.562. The van der Waals surface area contributed by atoms with E-state index in [1.807, 2.05) is 12.1 Å². The van der Waals surface area contributed by atoms with Crippen molar-refractivity contribution in [3.05, 3.63) is 75.4 Å². The fourth-order valence-corrected chi connectivity index (χ4v) is 3.69. The Hall–Kier alpha value is -2.31. The zero-order chi connectivity index (χ0) is 19.7. The molecule has 0 amide bonds. The molecule has 0 bridgehead atoms. The van der Waals surface area contributed by atoms with Gasteiger partial charge in [0.05, 0.1) is 15.6 Å². The molecule has 0 spiro atoms. The van der Waals surface area contributed by atoms with Crippen LogP contribution in [0.5, 0.6) is 0 Å². The van der Waals surface area contributed by atoms with Crippen LogP contribution in [0.1, 0.15) is 11.8 Å². The largest absolute Gasteiger partial charge is 0.369 e. The molecule has 142 valence electrons. The van der Waals surface area contributed by atoms with Gasteiger partial charge >= 0.3 is 0 Å². The standard InChI is InChI=1S/C20H14Cl3N3O2/c21-12-6-7-13(16(23)10-12)18-17(20(27)26-9-3-8-24-11-26)19(28-25-18)14-4-1-2-5-15(14)22/h1-10,20,27H,11H2. The fourth-order valence-electron chi connectivity index (χ4n) is 2.98. The zero-order valence-corrected chi connectivity index (χ0v) is 16.7. The lowest BCUT2D eigenvalue weighted by atomic mass is 10.0. The van der Waals surface area contributed by atoms with Crippen molar-refractivity contribution >= 4 is 41.0 Å². The Morgan fingerprint density at radius 1 is 1.04 bits per heavy atom. The van der Waals surface area contributed by atoms with Crippen molar-refractivity contribution in [3.63, 3.8) is 0 Å². The third kappa shape index (κ3) is 3.54. The van der Waals surface area contributed by atoms with E-state index in [2.05, 4.69) is 10.1 Å². The molecule has 1 atom stereocenters.